The smallest absolute Gasteiger partial charge is 0.345 e. The van der Waals surface area contributed by atoms with Gasteiger partial charge in [0, 0.05) is 12.1 Å². The number of hydrogen-bond donors (Lipinski definition) is 5. The Bertz CT molecular complexity index is 1370. The van der Waals surface area contributed by atoms with Gasteiger partial charge in [-0.3, -0.25) is 13.7 Å². The van der Waals surface area contributed by atoms with E-state index in [9.17, 15) is 28.1 Å². The minimum Gasteiger partial charge on any atom is -0.387 e. The summed E-state index contributed by atoms with van der Waals surface area (Å²) in [4.78, 5) is 22.2. The van der Waals surface area contributed by atoms with Gasteiger partial charge in [-0.2, -0.15) is 13.4 Å². The van der Waals surface area contributed by atoms with Crippen molar-refractivity contribution in [2.24, 2.45) is 26.7 Å². The second-order valence-corrected chi connectivity index (χ2v) is 17.0. The van der Waals surface area contributed by atoms with E-state index in [4.69, 9.17) is 25.4 Å². The molecule has 6 rings (SSSR count). The van der Waals surface area contributed by atoms with Gasteiger partial charge >= 0.3 is 7.60 Å². The van der Waals surface area contributed by atoms with Gasteiger partial charge in [-0.05, 0) is 73.6 Å². The van der Waals surface area contributed by atoms with Crippen molar-refractivity contribution in [3.63, 3.8) is 0 Å². The molecule has 4 aliphatic carbocycles. The molecule has 0 spiro atoms. The van der Waals surface area contributed by atoms with Crippen molar-refractivity contribution in [2.45, 2.75) is 89.0 Å². The molecule has 5 fully saturated rings. The predicted octanol–water partition coefficient (Wildman–Crippen LogP) is 2.32. The van der Waals surface area contributed by atoms with Gasteiger partial charge in [-0.1, -0.05) is 13.8 Å². The van der Waals surface area contributed by atoms with Gasteiger partial charge in [-0.25, -0.2) is 9.98 Å². The lowest BCUT2D eigenvalue weighted by Gasteiger charge is -2.65. The highest BCUT2D eigenvalue weighted by atomic mass is 35.5. The van der Waals surface area contributed by atoms with Crippen LogP contribution in [0.5, 0.6) is 0 Å². The molecule has 1 aromatic rings. The molecule has 0 amide bonds. The van der Waals surface area contributed by atoms with Crippen LogP contribution >= 0.6 is 19.2 Å². The largest absolute Gasteiger partial charge is 0.387 e. The van der Waals surface area contributed by atoms with E-state index >= 15 is 0 Å². The molecule has 1 saturated heterocycles. The SMILES string of the molecule is C=N/C(Cl)=N\c1c(CN[C@@]23C[C@@H]4C[C@@](C)(C[C@@](C)(C4)C2)C3)ncn1[C@@H]1O[C@H](COP(=O)(O)CS(=O)(=O)O)C(O)C1O. The van der Waals surface area contributed by atoms with Crippen LogP contribution in [0.1, 0.15) is 64.3 Å². The Morgan fingerprint density at radius 2 is 1.93 bits per heavy atom. The highest BCUT2D eigenvalue weighted by molar-refractivity contribution is 7.92. The summed E-state index contributed by atoms with van der Waals surface area (Å²) >= 11 is 6.11. The van der Waals surface area contributed by atoms with Crippen LogP contribution in [0.2, 0.25) is 0 Å². The zero-order chi connectivity index (χ0) is 30.0. The molecule has 17 heteroatoms. The summed E-state index contributed by atoms with van der Waals surface area (Å²) in [7, 11) is -9.57. The Morgan fingerprint density at radius 1 is 1.27 bits per heavy atom. The lowest BCUT2D eigenvalue weighted by Crippen LogP contribution is -2.63. The molecule has 5 N–H and O–H groups in total. The van der Waals surface area contributed by atoms with Crippen LogP contribution in [-0.2, 0) is 30.5 Å². The second kappa shape index (κ2) is 10.7. The first-order valence-corrected chi connectivity index (χ1v) is 17.1. The highest BCUT2D eigenvalue weighted by Crippen LogP contribution is 2.66. The summed E-state index contributed by atoms with van der Waals surface area (Å²) in [5.41, 5.74) is -0.454. The van der Waals surface area contributed by atoms with Crippen molar-refractivity contribution in [1.29, 1.82) is 0 Å². The number of imidazole rings is 1. The number of nitrogens with zero attached hydrogens (tertiary/aromatic N) is 4. The quantitative estimate of drug-likeness (QED) is 0.0827. The number of nitrogens with one attached hydrogen (secondary N) is 1. The third-order valence-electron chi connectivity index (χ3n) is 8.80. The Kier molecular flexibility index (Phi) is 8.15. The van der Waals surface area contributed by atoms with Crippen molar-refractivity contribution in [3.8, 4) is 0 Å². The molecule has 0 aromatic carbocycles. The molecular weight excluding hydrogens is 601 g/mol. The molecule has 14 nitrogen and oxygen atoms in total. The van der Waals surface area contributed by atoms with Crippen LogP contribution in [0.4, 0.5) is 5.82 Å². The molecule has 4 saturated carbocycles. The average molecular weight is 638 g/mol. The molecule has 1 aliphatic heterocycles. The van der Waals surface area contributed by atoms with Gasteiger partial charge in [-0.15, -0.1) is 0 Å². The summed E-state index contributed by atoms with van der Waals surface area (Å²) < 4.78 is 54.7. The fourth-order valence-corrected chi connectivity index (χ4v) is 10.8. The van der Waals surface area contributed by atoms with Crippen LogP contribution in [0.3, 0.4) is 0 Å². The monoisotopic (exact) mass is 637 g/mol. The Labute approximate surface area is 243 Å². The molecule has 9 atom stereocenters. The van der Waals surface area contributed by atoms with E-state index < -0.39 is 54.4 Å². The number of amidine groups is 1. The molecule has 1 aromatic heterocycles. The van der Waals surface area contributed by atoms with Gasteiger partial charge in [0.05, 0.1) is 18.6 Å². The van der Waals surface area contributed by atoms with Crippen LogP contribution in [0, 0.1) is 16.7 Å². The molecule has 4 bridgehead atoms. The van der Waals surface area contributed by atoms with E-state index in [1.54, 1.807) is 0 Å². The molecule has 230 valence electrons. The first-order chi connectivity index (χ1) is 18.9. The number of aliphatic imine (C=N–C) groups is 2. The van der Waals surface area contributed by atoms with Crippen molar-refractivity contribution in [2.75, 3.05) is 12.1 Å². The maximum absolute atomic E-state index is 12.0. The Morgan fingerprint density at radius 3 is 2.51 bits per heavy atom. The minimum absolute atomic E-state index is 0.0313. The van der Waals surface area contributed by atoms with Gasteiger partial charge < -0.3 is 29.7 Å². The van der Waals surface area contributed by atoms with Crippen molar-refractivity contribution < 1.29 is 41.9 Å². The molecule has 3 unspecified atom stereocenters. The number of rotatable bonds is 10. The molecular formula is C24H37ClN5O9PS. The maximum Gasteiger partial charge on any atom is 0.345 e. The number of halogens is 1. The fourth-order valence-electron chi connectivity index (χ4n) is 8.40. The third-order valence-corrected chi connectivity index (χ3v) is 12.2. The van der Waals surface area contributed by atoms with Crippen LogP contribution < -0.4 is 5.32 Å². The van der Waals surface area contributed by atoms with Gasteiger partial charge in [0.2, 0.25) is 5.29 Å². The number of hydrogen-bond acceptors (Lipinski definition) is 10. The number of aromatic nitrogens is 2. The zero-order valence-electron chi connectivity index (χ0n) is 22.9. The van der Waals surface area contributed by atoms with E-state index in [-0.39, 0.29) is 16.7 Å². The number of ether oxygens (including phenoxy) is 1. The average Bonchev–Trinajstić information content (AvgIpc) is 3.32. The van der Waals surface area contributed by atoms with Crippen molar-refractivity contribution in [1.82, 2.24) is 14.9 Å². The third kappa shape index (κ3) is 6.64. The van der Waals surface area contributed by atoms with Gasteiger partial charge in [0.15, 0.2) is 17.5 Å². The Hall–Kier alpha value is -1.26. The van der Waals surface area contributed by atoms with E-state index in [0.29, 0.717) is 29.0 Å². The van der Waals surface area contributed by atoms with Crippen LogP contribution in [-0.4, -0.2) is 85.6 Å². The van der Waals surface area contributed by atoms with Gasteiger partial charge in [0.1, 0.15) is 18.3 Å². The normalized spacial score (nSPS) is 40.2. The lowest BCUT2D eigenvalue weighted by atomic mass is 9.43. The first-order valence-electron chi connectivity index (χ1n) is 13.4. The maximum atomic E-state index is 12.0. The van der Waals surface area contributed by atoms with Crippen LogP contribution in [0.15, 0.2) is 16.3 Å². The fraction of sp³-hybridized carbons (Fsp3) is 0.792. The number of aliphatic hydroxyl groups is 2. The topological polar surface area (TPSA) is 205 Å². The summed E-state index contributed by atoms with van der Waals surface area (Å²) in [6.07, 6.45) is 2.68. The molecule has 0 radical (unpaired) electrons. The van der Waals surface area contributed by atoms with Crippen molar-refractivity contribution in [3.05, 3.63) is 12.0 Å². The van der Waals surface area contributed by atoms with Crippen LogP contribution in [0.25, 0.3) is 0 Å². The van der Waals surface area contributed by atoms with E-state index in [0.717, 1.165) is 19.3 Å². The first kappa shape index (κ1) is 31.2. The van der Waals surface area contributed by atoms with E-state index in [2.05, 4.69) is 40.9 Å². The second-order valence-electron chi connectivity index (χ2n) is 12.9. The summed E-state index contributed by atoms with van der Waals surface area (Å²) in [5, 5.41) is 24.9. The summed E-state index contributed by atoms with van der Waals surface area (Å²) in [6.45, 7) is 7.77. The highest BCUT2D eigenvalue weighted by Gasteiger charge is 2.60. The molecule has 2 heterocycles. The van der Waals surface area contributed by atoms with E-state index in [1.807, 2.05) is 0 Å². The van der Waals surface area contributed by atoms with Crippen molar-refractivity contribution >= 4 is 47.1 Å². The van der Waals surface area contributed by atoms with Gasteiger partial charge in [0.25, 0.3) is 10.1 Å². The van der Waals surface area contributed by atoms with E-state index in [1.165, 1.54) is 30.2 Å². The lowest BCUT2D eigenvalue weighted by molar-refractivity contribution is -0.118. The molecule has 5 aliphatic rings. The number of aliphatic hydroxyl groups excluding tert-OH is 2. The minimum atomic E-state index is -4.80. The molecule has 41 heavy (non-hydrogen) atoms. The zero-order valence-corrected chi connectivity index (χ0v) is 25.4. The Balaban J connectivity index is 1.34. The standard InChI is InChI=1S/C24H37ClN5O9PS/c1-22-4-14-5-23(2,9-22)11-24(6-14,10-22)28-7-15-19(29-21(25)26-3)30(12-27-15)20-18(32)17(31)16(39-20)8-38-40(33,34)13-41(35,36)37/h12,14,16-18,20,28,31-32H,3-11,13H2,1-2H3,(H,33,34)(H,35,36,37)/b29-21-/t14-,16-,17?,18?,20-,22+,23-,24-/m1/s1. The predicted molar refractivity (Wildman–Crippen MR) is 150 cm³/mol. The summed E-state index contributed by atoms with van der Waals surface area (Å²) in [5.74, 6) is 0.895. The summed E-state index contributed by atoms with van der Waals surface area (Å²) in [6, 6.07) is 0.